The Labute approximate surface area is 175 Å². The summed E-state index contributed by atoms with van der Waals surface area (Å²) in [7, 11) is 0. The zero-order valence-electron chi connectivity index (χ0n) is 16.5. The SMILES string of the molecule is O=C(Nc1ccccc1)Nc1cccc(NC(=O)c2cc(N3CCCC3)ccn2)c1. The minimum Gasteiger partial charge on any atom is -0.371 e. The first-order valence-electron chi connectivity index (χ1n) is 9.93. The van der Waals surface area contributed by atoms with Crippen molar-refractivity contribution in [2.75, 3.05) is 33.9 Å². The van der Waals surface area contributed by atoms with Crippen LogP contribution in [0.5, 0.6) is 0 Å². The van der Waals surface area contributed by atoms with Crippen LogP contribution in [0.1, 0.15) is 23.3 Å². The molecule has 0 radical (unpaired) electrons. The van der Waals surface area contributed by atoms with Gasteiger partial charge in [-0.1, -0.05) is 24.3 Å². The Hall–Kier alpha value is -3.87. The molecule has 2 aromatic carbocycles. The molecule has 1 saturated heterocycles. The van der Waals surface area contributed by atoms with Crippen LogP contribution < -0.4 is 20.9 Å². The molecular formula is C23H23N5O2. The minimum absolute atomic E-state index is 0.290. The molecule has 1 aliphatic rings. The number of amides is 3. The van der Waals surface area contributed by atoms with Crippen LogP contribution in [0.25, 0.3) is 0 Å². The Kier molecular flexibility index (Phi) is 5.89. The molecule has 1 aliphatic heterocycles. The number of para-hydroxylation sites is 1. The molecule has 0 saturated carbocycles. The molecule has 3 amide bonds. The average molecular weight is 401 g/mol. The van der Waals surface area contributed by atoms with E-state index in [0.29, 0.717) is 22.8 Å². The second-order valence-corrected chi connectivity index (χ2v) is 7.07. The molecule has 1 fully saturated rings. The molecule has 30 heavy (non-hydrogen) atoms. The number of pyridine rings is 1. The second kappa shape index (κ2) is 9.09. The molecule has 3 aromatic rings. The van der Waals surface area contributed by atoms with Gasteiger partial charge in [-0.05, 0) is 55.3 Å². The molecule has 0 spiro atoms. The molecule has 7 heteroatoms. The zero-order valence-corrected chi connectivity index (χ0v) is 16.5. The Bertz CT molecular complexity index is 1030. The van der Waals surface area contributed by atoms with E-state index in [2.05, 4.69) is 25.8 Å². The summed E-state index contributed by atoms with van der Waals surface area (Å²) < 4.78 is 0. The molecule has 0 aliphatic carbocycles. The number of benzene rings is 2. The summed E-state index contributed by atoms with van der Waals surface area (Å²) in [4.78, 5) is 31.3. The van der Waals surface area contributed by atoms with E-state index in [4.69, 9.17) is 0 Å². The lowest BCUT2D eigenvalue weighted by Gasteiger charge is -2.17. The summed E-state index contributed by atoms with van der Waals surface area (Å²) in [6.07, 6.45) is 4.00. The number of carbonyl (C=O) groups excluding carboxylic acids is 2. The Morgan fingerprint density at radius 2 is 1.43 bits per heavy atom. The fourth-order valence-corrected chi connectivity index (χ4v) is 3.40. The molecule has 0 bridgehead atoms. The van der Waals surface area contributed by atoms with Crippen molar-refractivity contribution in [1.29, 1.82) is 0 Å². The lowest BCUT2D eigenvalue weighted by Crippen LogP contribution is -2.20. The van der Waals surface area contributed by atoms with Crippen LogP contribution in [-0.4, -0.2) is 30.0 Å². The van der Waals surface area contributed by atoms with Gasteiger partial charge in [-0.15, -0.1) is 0 Å². The Balaban J connectivity index is 1.39. The van der Waals surface area contributed by atoms with Crippen LogP contribution in [0.2, 0.25) is 0 Å². The molecule has 0 atom stereocenters. The molecule has 3 N–H and O–H groups in total. The number of aromatic nitrogens is 1. The highest BCUT2D eigenvalue weighted by atomic mass is 16.2. The molecule has 4 rings (SSSR count). The van der Waals surface area contributed by atoms with Crippen LogP contribution in [0.15, 0.2) is 72.9 Å². The standard InChI is InChI=1S/C23H23N5O2/c29-22(21-16-20(11-12-24-21)28-13-4-5-14-28)25-18-9-6-10-19(15-18)27-23(30)26-17-7-2-1-3-8-17/h1-3,6-12,15-16H,4-5,13-14H2,(H,25,29)(H2,26,27,30). The van der Waals surface area contributed by atoms with E-state index in [1.807, 2.05) is 30.3 Å². The van der Waals surface area contributed by atoms with Crippen molar-refractivity contribution in [1.82, 2.24) is 4.98 Å². The van der Waals surface area contributed by atoms with E-state index >= 15 is 0 Å². The zero-order chi connectivity index (χ0) is 20.8. The summed E-state index contributed by atoms with van der Waals surface area (Å²) >= 11 is 0. The first kappa shape index (κ1) is 19.4. The fourth-order valence-electron chi connectivity index (χ4n) is 3.40. The van der Waals surface area contributed by atoms with E-state index in [9.17, 15) is 9.59 Å². The summed E-state index contributed by atoms with van der Waals surface area (Å²) in [6.45, 7) is 2.01. The van der Waals surface area contributed by atoms with E-state index < -0.39 is 0 Å². The van der Waals surface area contributed by atoms with Crippen LogP contribution in [-0.2, 0) is 0 Å². The van der Waals surface area contributed by atoms with Gasteiger partial charge in [0.05, 0.1) is 0 Å². The van der Waals surface area contributed by atoms with Gasteiger partial charge in [0.1, 0.15) is 5.69 Å². The van der Waals surface area contributed by atoms with Gasteiger partial charge in [0.25, 0.3) is 5.91 Å². The number of anilines is 4. The highest BCUT2D eigenvalue weighted by Crippen LogP contribution is 2.21. The monoisotopic (exact) mass is 401 g/mol. The first-order chi connectivity index (χ1) is 14.7. The van der Waals surface area contributed by atoms with Crippen molar-refractivity contribution >= 4 is 34.7 Å². The predicted molar refractivity (Wildman–Crippen MR) is 119 cm³/mol. The molecule has 0 unspecified atom stereocenters. The topological polar surface area (TPSA) is 86.4 Å². The van der Waals surface area contributed by atoms with Gasteiger partial charge in [0.15, 0.2) is 0 Å². The summed E-state index contributed by atoms with van der Waals surface area (Å²) in [5, 5.41) is 8.37. The minimum atomic E-state index is -0.357. The summed E-state index contributed by atoms with van der Waals surface area (Å²) in [6, 6.07) is 19.6. The predicted octanol–water partition coefficient (Wildman–Crippen LogP) is 4.58. The lowest BCUT2D eigenvalue weighted by atomic mass is 10.2. The first-order valence-corrected chi connectivity index (χ1v) is 9.93. The van der Waals surface area contributed by atoms with E-state index in [1.54, 1.807) is 42.6 Å². The number of hydrogen-bond acceptors (Lipinski definition) is 4. The summed E-state index contributed by atoms with van der Waals surface area (Å²) in [5.74, 6) is -0.290. The molecule has 152 valence electrons. The third-order valence-corrected chi connectivity index (χ3v) is 4.86. The number of carbonyl (C=O) groups is 2. The van der Waals surface area contributed by atoms with Gasteiger partial charge in [0.2, 0.25) is 0 Å². The maximum Gasteiger partial charge on any atom is 0.323 e. The van der Waals surface area contributed by atoms with Crippen molar-refractivity contribution < 1.29 is 9.59 Å². The highest BCUT2D eigenvalue weighted by molar-refractivity contribution is 6.04. The van der Waals surface area contributed by atoms with Gasteiger partial charge in [0, 0.05) is 42.0 Å². The number of nitrogens with zero attached hydrogens (tertiary/aromatic N) is 2. The van der Waals surface area contributed by atoms with Crippen LogP contribution in [0, 0.1) is 0 Å². The maximum atomic E-state index is 12.7. The van der Waals surface area contributed by atoms with Gasteiger partial charge < -0.3 is 20.9 Å². The number of urea groups is 1. The molecule has 7 nitrogen and oxygen atoms in total. The van der Waals surface area contributed by atoms with Crippen LogP contribution >= 0.6 is 0 Å². The highest BCUT2D eigenvalue weighted by Gasteiger charge is 2.15. The van der Waals surface area contributed by atoms with E-state index in [0.717, 1.165) is 18.8 Å². The van der Waals surface area contributed by atoms with Gasteiger partial charge >= 0.3 is 6.03 Å². The maximum absolute atomic E-state index is 12.7. The van der Waals surface area contributed by atoms with Crippen molar-refractivity contribution in [3.05, 3.63) is 78.6 Å². The number of nitrogens with one attached hydrogen (secondary N) is 3. The number of rotatable bonds is 5. The lowest BCUT2D eigenvalue weighted by molar-refractivity contribution is 0.102. The Morgan fingerprint density at radius 3 is 2.20 bits per heavy atom. The largest absolute Gasteiger partial charge is 0.371 e. The third kappa shape index (κ3) is 4.94. The molecule has 2 heterocycles. The van der Waals surface area contributed by atoms with E-state index in [-0.39, 0.29) is 11.9 Å². The van der Waals surface area contributed by atoms with Gasteiger partial charge in [-0.25, -0.2) is 4.79 Å². The molecular weight excluding hydrogens is 378 g/mol. The fraction of sp³-hybridized carbons (Fsp3) is 0.174. The van der Waals surface area contributed by atoms with Gasteiger partial charge in [-0.3, -0.25) is 9.78 Å². The quantitative estimate of drug-likeness (QED) is 0.584. The normalized spacial score (nSPS) is 13.0. The second-order valence-electron chi connectivity index (χ2n) is 7.07. The van der Waals surface area contributed by atoms with Crippen molar-refractivity contribution in [3.63, 3.8) is 0 Å². The van der Waals surface area contributed by atoms with Crippen molar-refractivity contribution in [2.45, 2.75) is 12.8 Å². The van der Waals surface area contributed by atoms with Crippen LogP contribution in [0.4, 0.5) is 27.5 Å². The van der Waals surface area contributed by atoms with Crippen LogP contribution in [0.3, 0.4) is 0 Å². The van der Waals surface area contributed by atoms with Crippen molar-refractivity contribution in [3.8, 4) is 0 Å². The number of hydrogen-bond donors (Lipinski definition) is 3. The van der Waals surface area contributed by atoms with Crippen molar-refractivity contribution in [2.24, 2.45) is 0 Å². The summed E-state index contributed by atoms with van der Waals surface area (Å²) in [5.41, 5.74) is 3.22. The van der Waals surface area contributed by atoms with E-state index in [1.165, 1.54) is 12.8 Å². The van der Waals surface area contributed by atoms with Gasteiger partial charge in [-0.2, -0.15) is 0 Å². The average Bonchev–Trinajstić information content (AvgIpc) is 3.30. The molecule has 1 aromatic heterocycles. The smallest absolute Gasteiger partial charge is 0.323 e. The Morgan fingerprint density at radius 1 is 0.767 bits per heavy atom. The third-order valence-electron chi connectivity index (χ3n) is 4.86.